The van der Waals surface area contributed by atoms with Gasteiger partial charge in [-0.3, -0.25) is 10.1 Å². The average molecular weight is 290 g/mol. The summed E-state index contributed by atoms with van der Waals surface area (Å²) in [5, 5.41) is 14.3. The van der Waals surface area contributed by atoms with Gasteiger partial charge in [0, 0.05) is 15.8 Å². The van der Waals surface area contributed by atoms with Gasteiger partial charge in [0.2, 0.25) is 0 Å². The van der Waals surface area contributed by atoms with Crippen molar-refractivity contribution < 1.29 is 4.92 Å². The minimum absolute atomic E-state index is 0.0563. The maximum absolute atomic E-state index is 11.1. The van der Waals surface area contributed by atoms with E-state index in [1.54, 1.807) is 23.5 Å². The lowest BCUT2D eigenvalue weighted by atomic mass is 10.1. The summed E-state index contributed by atoms with van der Waals surface area (Å²) in [5.41, 5.74) is 1.70. The van der Waals surface area contributed by atoms with Gasteiger partial charge in [-0.15, -0.1) is 11.3 Å². The molecule has 20 heavy (non-hydrogen) atoms. The third kappa shape index (κ3) is 3.17. The number of benzene rings is 1. The number of anilines is 1. The van der Waals surface area contributed by atoms with Crippen LogP contribution in [0.4, 0.5) is 11.4 Å². The Morgan fingerprint density at radius 1 is 1.35 bits per heavy atom. The first-order valence-electron chi connectivity index (χ1n) is 6.61. The standard InChI is InChI=1S/C15H18N2O2S/c1-4-12-6-8-15(20-12)11(3)16-13-9-10(2)5-7-14(13)17(18)19/h5-9,11,16H,4H2,1-3H3. The van der Waals surface area contributed by atoms with Gasteiger partial charge in [0.05, 0.1) is 11.0 Å². The van der Waals surface area contributed by atoms with Gasteiger partial charge in [0.15, 0.2) is 0 Å². The molecule has 1 N–H and O–H groups in total. The van der Waals surface area contributed by atoms with E-state index in [4.69, 9.17) is 0 Å². The minimum Gasteiger partial charge on any atom is -0.372 e. The zero-order valence-electron chi connectivity index (χ0n) is 11.8. The molecule has 1 atom stereocenters. The Hall–Kier alpha value is -1.88. The van der Waals surface area contributed by atoms with E-state index < -0.39 is 0 Å². The smallest absolute Gasteiger partial charge is 0.292 e. The predicted octanol–water partition coefficient (Wildman–Crippen LogP) is 4.70. The second-order valence-corrected chi connectivity index (χ2v) is 6.00. The summed E-state index contributed by atoms with van der Waals surface area (Å²) in [5.74, 6) is 0. The van der Waals surface area contributed by atoms with Gasteiger partial charge in [0.1, 0.15) is 5.69 Å². The molecule has 0 bridgehead atoms. The van der Waals surface area contributed by atoms with E-state index in [2.05, 4.69) is 24.4 Å². The molecule has 0 aliphatic rings. The van der Waals surface area contributed by atoms with Crippen molar-refractivity contribution in [1.29, 1.82) is 0 Å². The molecule has 1 unspecified atom stereocenters. The maximum Gasteiger partial charge on any atom is 0.292 e. The topological polar surface area (TPSA) is 55.2 Å². The molecule has 2 aromatic rings. The van der Waals surface area contributed by atoms with Gasteiger partial charge >= 0.3 is 0 Å². The van der Waals surface area contributed by atoms with E-state index in [0.717, 1.165) is 12.0 Å². The largest absolute Gasteiger partial charge is 0.372 e. The van der Waals surface area contributed by atoms with Crippen LogP contribution in [0.1, 0.15) is 35.2 Å². The fourth-order valence-electron chi connectivity index (χ4n) is 2.05. The quantitative estimate of drug-likeness (QED) is 0.641. The fourth-order valence-corrected chi connectivity index (χ4v) is 3.00. The Labute approximate surface area is 122 Å². The summed E-state index contributed by atoms with van der Waals surface area (Å²) < 4.78 is 0. The highest BCUT2D eigenvalue weighted by atomic mass is 32.1. The minimum atomic E-state index is -0.347. The predicted molar refractivity (Wildman–Crippen MR) is 83.6 cm³/mol. The molecule has 0 radical (unpaired) electrons. The zero-order valence-corrected chi connectivity index (χ0v) is 12.7. The van der Waals surface area contributed by atoms with Crippen molar-refractivity contribution in [3.05, 3.63) is 55.8 Å². The summed E-state index contributed by atoms with van der Waals surface area (Å²) in [6.45, 7) is 6.08. The average Bonchev–Trinajstić information content (AvgIpc) is 2.87. The van der Waals surface area contributed by atoms with Crippen LogP contribution in [-0.4, -0.2) is 4.92 Å². The van der Waals surface area contributed by atoms with Crippen LogP contribution in [0.2, 0.25) is 0 Å². The van der Waals surface area contributed by atoms with E-state index in [1.165, 1.54) is 9.75 Å². The lowest BCUT2D eigenvalue weighted by Crippen LogP contribution is -2.07. The second kappa shape index (κ2) is 6.05. The molecule has 1 aromatic heterocycles. The van der Waals surface area contributed by atoms with Crippen molar-refractivity contribution >= 4 is 22.7 Å². The Kier molecular flexibility index (Phi) is 4.39. The SMILES string of the molecule is CCc1ccc(C(C)Nc2cc(C)ccc2[N+](=O)[O-])s1. The number of thiophene rings is 1. The Morgan fingerprint density at radius 2 is 2.10 bits per heavy atom. The highest BCUT2D eigenvalue weighted by molar-refractivity contribution is 7.12. The van der Waals surface area contributed by atoms with E-state index in [1.807, 2.05) is 19.9 Å². The van der Waals surface area contributed by atoms with Crippen LogP contribution < -0.4 is 5.32 Å². The van der Waals surface area contributed by atoms with Crippen molar-refractivity contribution in [3.8, 4) is 0 Å². The molecule has 0 fully saturated rings. The molecule has 1 aromatic carbocycles. The lowest BCUT2D eigenvalue weighted by molar-refractivity contribution is -0.384. The molecule has 0 saturated carbocycles. The monoisotopic (exact) mass is 290 g/mol. The first-order chi connectivity index (χ1) is 9.51. The fraction of sp³-hybridized carbons (Fsp3) is 0.333. The van der Waals surface area contributed by atoms with E-state index in [-0.39, 0.29) is 16.7 Å². The van der Waals surface area contributed by atoms with Gasteiger partial charge in [-0.25, -0.2) is 0 Å². The van der Waals surface area contributed by atoms with Gasteiger partial charge in [-0.2, -0.15) is 0 Å². The van der Waals surface area contributed by atoms with Crippen molar-refractivity contribution in [2.24, 2.45) is 0 Å². The van der Waals surface area contributed by atoms with Crippen molar-refractivity contribution in [1.82, 2.24) is 0 Å². The molecule has 1 heterocycles. The molecule has 106 valence electrons. The number of hydrogen-bond donors (Lipinski definition) is 1. The molecule has 4 nitrogen and oxygen atoms in total. The third-order valence-electron chi connectivity index (χ3n) is 3.18. The number of nitrogens with one attached hydrogen (secondary N) is 1. The zero-order chi connectivity index (χ0) is 14.7. The second-order valence-electron chi connectivity index (χ2n) is 4.80. The molecular weight excluding hydrogens is 272 g/mol. The number of rotatable bonds is 5. The van der Waals surface area contributed by atoms with Crippen molar-refractivity contribution in [2.75, 3.05) is 5.32 Å². The van der Waals surface area contributed by atoms with E-state index in [0.29, 0.717) is 5.69 Å². The van der Waals surface area contributed by atoms with Crippen LogP contribution in [0.15, 0.2) is 30.3 Å². The molecule has 0 aliphatic heterocycles. The molecule has 0 saturated heterocycles. The molecule has 0 amide bonds. The van der Waals surface area contributed by atoms with Crippen LogP contribution in [0.5, 0.6) is 0 Å². The highest BCUT2D eigenvalue weighted by Crippen LogP contribution is 2.31. The number of hydrogen-bond acceptors (Lipinski definition) is 4. The van der Waals surface area contributed by atoms with Gasteiger partial charge in [-0.1, -0.05) is 13.0 Å². The Morgan fingerprint density at radius 3 is 2.70 bits per heavy atom. The van der Waals surface area contributed by atoms with Crippen LogP contribution >= 0.6 is 11.3 Å². The van der Waals surface area contributed by atoms with Gasteiger partial charge in [-0.05, 0) is 44.0 Å². The number of nitro groups is 1. The summed E-state index contributed by atoms with van der Waals surface area (Å²) in [7, 11) is 0. The van der Waals surface area contributed by atoms with Crippen LogP contribution in [0.3, 0.4) is 0 Å². The molecular formula is C15H18N2O2S. The Balaban J connectivity index is 2.24. The number of nitrogens with zero attached hydrogens (tertiary/aromatic N) is 1. The van der Waals surface area contributed by atoms with E-state index >= 15 is 0 Å². The van der Waals surface area contributed by atoms with Crippen LogP contribution in [0.25, 0.3) is 0 Å². The summed E-state index contributed by atoms with van der Waals surface area (Å²) in [6, 6.07) is 9.39. The van der Waals surface area contributed by atoms with Crippen LogP contribution in [0, 0.1) is 17.0 Å². The Bertz CT molecular complexity index is 622. The number of nitro benzene ring substituents is 1. The van der Waals surface area contributed by atoms with Crippen LogP contribution in [-0.2, 0) is 6.42 Å². The summed E-state index contributed by atoms with van der Waals surface area (Å²) >= 11 is 1.75. The molecule has 5 heteroatoms. The molecule has 0 aliphatic carbocycles. The molecule has 2 rings (SSSR count). The first kappa shape index (κ1) is 14.5. The third-order valence-corrected chi connectivity index (χ3v) is 4.59. The normalized spacial score (nSPS) is 12.2. The maximum atomic E-state index is 11.1. The van der Waals surface area contributed by atoms with E-state index in [9.17, 15) is 10.1 Å². The summed E-state index contributed by atoms with van der Waals surface area (Å²) in [6.07, 6.45) is 1.02. The highest BCUT2D eigenvalue weighted by Gasteiger charge is 2.16. The van der Waals surface area contributed by atoms with Gasteiger partial charge < -0.3 is 5.32 Å². The van der Waals surface area contributed by atoms with Crippen molar-refractivity contribution in [2.45, 2.75) is 33.2 Å². The number of aryl methyl sites for hydroxylation is 2. The molecule has 0 spiro atoms. The first-order valence-corrected chi connectivity index (χ1v) is 7.43. The van der Waals surface area contributed by atoms with Gasteiger partial charge in [0.25, 0.3) is 5.69 Å². The van der Waals surface area contributed by atoms with Crippen molar-refractivity contribution in [3.63, 3.8) is 0 Å². The summed E-state index contributed by atoms with van der Waals surface area (Å²) in [4.78, 5) is 13.2. The lowest BCUT2D eigenvalue weighted by Gasteiger charge is -2.14.